The molecule has 0 aliphatic carbocycles. The SMILES string of the molecule is OC[C@@]12O[C@@H]3CO[B-](c4ccc(/C(=C(\c5ccccc5)c5ccc([B-](O)(O)O)cc5)c5ccccc5)cc4)(O[C@H]1[C@H]3O)O2. The summed E-state index contributed by atoms with van der Waals surface area (Å²) in [5.41, 5.74) is 5.96. The van der Waals surface area contributed by atoms with Gasteiger partial charge in [-0.2, -0.15) is 0 Å². The number of ether oxygens (including phenoxy) is 1. The molecule has 0 saturated carbocycles. The average molecular weight is 580 g/mol. The van der Waals surface area contributed by atoms with Gasteiger partial charge in [0.15, 0.2) is 5.79 Å². The standard InChI is InChI=1S/C32H30B2O9/c35-20-32-31-30(36)27(41-32)19-40-34(42-31,43-32)26-17-13-24(14-18-26)29(22-9-5-2-6-10-22)28(21-7-3-1-4-8-21)23-11-15-25(16-12-23)33(37,38)39/h1-18,27,30-31,35-39H,19-20H2/q-2/b29-28+/t27-,30+,31+,32+,34?/m1/s1. The minimum atomic E-state index is -3.63. The largest absolute Gasteiger partial charge is 0.556 e. The number of benzene rings is 4. The fourth-order valence-electron chi connectivity index (χ4n) is 6.36. The monoisotopic (exact) mass is 580 g/mol. The maximum atomic E-state index is 10.7. The first-order valence-corrected chi connectivity index (χ1v) is 14.2. The van der Waals surface area contributed by atoms with E-state index < -0.39 is 44.2 Å². The number of rotatable bonds is 7. The molecule has 220 valence electrons. The average Bonchev–Trinajstić information content (AvgIpc) is 3.35. The molecule has 4 saturated heterocycles. The van der Waals surface area contributed by atoms with E-state index in [-0.39, 0.29) is 12.1 Å². The first-order valence-electron chi connectivity index (χ1n) is 14.2. The maximum absolute atomic E-state index is 10.7. The lowest BCUT2D eigenvalue weighted by Gasteiger charge is -2.36. The topological polar surface area (TPSA) is 138 Å². The second-order valence-electron chi connectivity index (χ2n) is 11.2. The minimum absolute atomic E-state index is 0.00850. The summed E-state index contributed by atoms with van der Waals surface area (Å²) in [5, 5.41) is 50.1. The molecule has 0 spiro atoms. The second kappa shape index (κ2) is 10.5. The van der Waals surface area contributed by atoms with E-state index in [0.717, 1.165) is 33.4 Å². The third kappa shape index (κ3) is 4.76. The number of fused-ring (bicyclic) bond motifs is 1. The highest BCUT2D eigenvalue weighted by atomic mass is 16.9. The van der Waals surface area contributed by atoms with Crippen LogP contribution in [-0.2, 0) is 18.7 Å². The van der Waals surface area contributed by atoms with Crippen LogP contribution in [0.25, 0.3) is 11.1 Å². The summed E-state index contributed by atoms with van der Waals surface area (Å²) in [7, 11) is 0. The molecule has 4 aromatic rings. The van der Waals surface area contributed by atoms with E-state index in [0.29, 0.717) is 5.46 Å². The van der Waals surface area contributed by atoms with Crippen molar-refractivity contribution >= 4 is 35.6 Å². The minimum Gasteiger partial charge on any atom is -0.556 e. The van der Waals surface area contributed by atoms with Crippen LogP contribution in [-0.4, -0.2) is 76.1 Å². The van der Waals surface area contributed by atoms with Crippen LogP contribution in [0.15, 0.2) is 109 Å². The van der Waals surface area contributed by atoms with Crippen molar-refractivity contribution < 1.29 is 44.0 Å². The van der Waals surface area contributed by atoms with Crippen LogP contribution in [0.5, 0.6) is 0 Å². The highest BCUT2D eigenvalue weighted by molar-refractivity contribution is 6.76. The Bertz CT molecular complexity index is 1640. The molecule has 0 amide bonds. The predicted molar refractivity (Wildman–Crippen MR) is 161 cm³/mol. The van der Waals surface area contributed by atoms with Crippen LogP contribution in [0.1, 0.15) is 22.3 Å². The van der Waals surface area contributed by atoms with Crippen molar-refractivity contribution in [1.29, 1.82) is 0 Å². The van der Waals surface area contributed by atoms with Gasteiger partial charge in [-0.1, -0.05) is 109 Å². The van der Waals surface area contributed by atoms with Crippen molar-refractivity contribution in [3.05, 3.63) is 131 Å². The van der Waals surface area contributed by atoms with Crippen molar-refractivity contribution in [2.75, 3.05) is 13.2 Å². The van der Waals surface area contributed by atoms with E-state index >= 15 is 0 Å². The van der Waals surface area contributed by atoms with Crippen LogP contribution in [0.2, 0.25) is 0 Å². The van der Waals surface area contributed by atoms with Gasteiger partial charge in [-0.05, 0) is 33.4 Å². The van der Waals surface area contributed by atoms with Gasteiger partial charge in [0.1, 0.15) is 12.2 Å². The molecule has 0 aromatic heterocycles. The molecular weight excluding hydrogens is 550 g/mol. The Balaban J connectivity index is 1.37. The molecule has 11 heteroatoms. The quantitative estimate of drug-likeness (QED) is 0.159. The van der Waals surface area contributed by atoms with E-state index in [2.05, 4.69) is 0 Å². The van der Waals surface area contributed by atoms with Gasteiger partial charge in [-0.15, -0.1) is 10.9 Å². The van der Waals surface area contributed by atoms with E-state index in [1.807, 2.05) is 84.9 Å². The summed E-state index contributed by atoms with van der Waals surface area (Å²) in [5.74, 6) is -1.49. The van der Waals surface area contributed by atoms with Crippen molar-refractivity contribution in [3.8, 4) is 0 Å². The molecule has 4 aliphatic rings. The first kappa shape index (κ1) is 28.2. The molecule has 1 unspecified atom stereocenters. The van der Waals surface area contributed by atoms with E-state index in [4.69, 9.17) is 18.7 Å². The lowest BCUT2D eigenvalue weighted by molar-refractivity contribution is -0.193. The smallest absolute Gasteiger partial charge is 0.412 e. The van der Waals surface area contributed by atoms with Crippen LogP contribution in [0.4, 0.5) is 0 Å². The lowest BCUT2D eigenvalue weighted by Crippen LogP contribution is -2.54. The summed E-state index contributed by atoms with van der Waals surface area (Å²) in [6.45, 7) is -6.55. The van der Waals surface area contributed by atoms with Crippen LogP contribution >= 0.6 is 0 Å². The summed E-state index contributed by atoms with van der Waals surface area (Å²) in [6.07, 6.45) is -2.53. The number of aliphatic hydroxyl groups excluding tert-OH is 2. The molecule has 4 aliphatic heterocycles. The summed E-state index contributed by atoms with van der Waals surface area (Å²) < 4.78 is 24.3. The highest BCUT2D eigenvalue weighted by Gasteiger charge is 2.66. The molecule has 0 radical (unpaired) electrons. The van der Waals surface area contributed by atoms with Crippen LogP contribution in [0.3, 0.4) is 0 Å². The third-order valence-corrected chi connectivity index (χ3v) is 8.49. The zero-order chi connectivity index (χ0) is 29.8. The van der Waals surface area contributed by atoms with Gasteiger partial charge in [-0.25, -0.2) is 0 Å². The Labute approximate surface area is 248 Å². The fraction of sp³-hybridized carbons (Fsp3) is 0.188. The molecule has 8 rings (SSSR count). The van der Waals surface area contributed by atoms with Crippen molar-refractivity contribution in [3.63, 3.8) is 0 Å². The van der Waals surface area contributed by atoms with Crippen molar-refractivity contribution in [2.45, 2.75) is 24.1 Å². The van der Waals surface area contributed by atoms with Gasteiger partial charge < -0.3 is 44.0 Å². The van der Waals surface area contributed by atoms with Crippen LogP contribution < -0.4 is 10.9 Å². The molecule has 4 aromatic carbocycles. The molecule has 5 atom stereocenters. The molecule has 43 heavy (non-hydrogen) atoms. The van der Waals surface area contributed by atoms with Gasteiger partial charge in [-0.3, -0.25) is 0 Å². The normalized spacial score (nSPS) is 28.5. The Morgan fingerprint density at radius 1 is 0.744 bits per heavy atom. The van der Waals surface area contributed by atoms with E-state index in [1.54, 1.807) is 12.1 Å². The second-order valence-corrected chi connectivity index (χ2v) is 11.2. The lowest BCUT2D eigenvalue weighted by atomic mass is 9.69. The van der Waals surface area contributed by atoms with Gasteiger partial charge in [0.25, 0.3) is 0 Å². The summed E-state index contributed by atoms with van der Waals surface area (Å²) >= 11 is 0. The van der Waals surface area contributed by atoms with Crippen molar-refractivity contribution in [1.82, 2.24) is 0 Å². The molecular formula is C32H30B2O9-2. The predicted octanol–water partition coefficient (Wildman–Crippen LogP) is 0.857. The number of aliphatic hydroxyl groups is 2. The molecule has 4 fully saturated rings. The number of hydrogen-bond acceptors (Lipinski definition) is 9. The fourth-order valence-corrected chi connectivity index (χ4v) is 6.36. The Kier molecular flexibility index (Phi) is 6.90. The molecule has 5 N–H and O–H groups in total. The van der Waals surface area contributed by atoms with E-state index in [9.17, 15) is 25.3 Å². The van der Waals surface area contributed by atoms with Crippen molar-refractivity contribution in [2.24, 2.45) is 0 Å². The Morgan fingerprint density at radius 2 is 1.26 bits per heavy atom. The third-order valence-electron chi connectivity index (χ3n) is 8.49. The zero-order valence-corrected chi connectivity index (χ0v) is 23.1. The van der Waals surface area contributed by atoms with Gasteiger partial charge in [0, 0.05) is 6.61 Å². The zero-order valence-electron chi connectivity index (χ0n) is 23.1. The van der Waals surface area contributed by atoms with Gasteiger partial charge in [0.2, 0.25) is 0 Å². The van der Waals surface area contributed by atoms with Crippen LogP contribution in [0, 0.1) is 0 Å². The first-order chi connectivity index (χ1) is 20.7. The molecule has 4 bridgehead atoms. The maximum Gasteiger partial charge on any atom is 0.412 e. The molecule has 9 nitrogen and oxygen atoms in total. The Morgan fingerprint density at radius 3 is 1.74 bits per heavy atom. The number of hydrogen-bond donors (Lipinski definition) is 5. The Hall–Kier alpha value is -3.61. The van der Waals surface area contributed by atoms with E-state index in [1.165, 1.54) is 12.1 Å². The van der Waals surface area contributed by atoms with Gasteiger partial charge in [0.05, 0.1) is 12.7 Å². The molecule has 4 heterocycles. The highest BCUT2D eigenvalue weighted by Crippen LogP contribution is 2.47. The summed E-state index contributed by atoms with van der Waals surface area (Å²) in [6, 6.07) is 33.9. The summed E-state index contributed by atoms with van der Waals surface area (Å²) in [4.78, 5) is 0. The van der Waals surface area contributed by atoms with Gasteiger partial charge >= 0.3 is 13.5 Å².